The van der Waals surface area contributed by atoms with Crippen LogP contribution in [-0.2, 0) is 13.5 Å². The Morgan fingerprint density at radius 2 is 1.96 bits per heavy atom. The van der Waals surface area contributed by atoms with E-state index in [2.05, 4.69) is 36.2 Å². The maximum Gasteiger partial charge on any atom is 0.223 e. The minimum Gasteiger partial charge on any atom is -0.351 e. The second-order valence-electron chi connectivity index (χ2n) is 8.11. The zero-order chi connectivity index (χ0) is 17.2. The molecule has 5 heteroatoms. The van der Waals surface area contributed by atoms with Gasteiger partial charge >= 0.3 is 0 Å². The third-order valence-corrected chi connectivity index (χ3v) is 4.63. The Morgan fingerprint density at radius 1 is 1.21 bits per heavy atom. The van der Waals surface area contributed by atoms with Crippen molar-refractivity contribution in [2.45, 2.75) is 65.3 Å². The Kier molecular flexibility index (Phi) is 4.88. The average molecular weight is 327 g/mol. The van der Waals surface area contributed by atoms with Gasteiger partial charge < -0.3 is 5.32 Å². The lowest BCUT2D eigenvalue weighted by atomic mass is 9.89. The van der Waals surface area contributed by atoms with Crippen LogP contribution in [0, 0.1) is 5.41 Å². The molecule has 0 atom stereocenters. The first-order chi connectivity index (χ1) is 11.4. The van der Waals surface area contributed by atoms with Crippen molar-refractivity contribution in [2.75, 3.05) is 5.32 Å². The van der Waals surface area contributed by atoms with Crippen molar-refractivity contribution in [3.8, 4) is 11.3 Å². The van der Waals surface area contributed by atoms with Crippen LogP contribution in [0.4, 0.5) is 5.95 Å². The lowest BCUT2D eigenvalue weighted by molar-refractivity contribution is 0.398. The van der Waals surface area contributed by atoms with Crippen LogP contribution < -0.4 is 5.32 Å². The molecule has 0 amide bonds. The zero-order valence-electron chi connectivity index (χ0n) is 15.3. The highest BCUT2D eigenvalue weighted by Gasteiger charge is 2.20. The molecule has 0 aromatic carbocycles. The quantitative estimate of drug-likeness (QED) is 0.914. The molecule has 0 radical (unpaired) electrons. The fraction of sp³-hybridized carbons (Fsp3) is 0.632. The topological polar surface area (TPSA) is 55.6 Å². The minimum atomic E-state index is 0.207. The SMILES string of the molecule is Cn1ncc(-c2ccnc(NC3CCCCC3)n2)c1CC(C)(C)C. The maximum absolute atomic E-state index is 4.77. The van der Waals surface area contributed by atoms with Crippen LogP contribution in [0.15, 0.2) is 18.5 Å². The minimum absolute atomic E-state index is 0.207. The summed E-state index contributed by atoms with van der Waals surface area (Å²) in [6.07, 6.45) is 11.1. The molecule has 1 N–H and O–H groups in total. The molecule has 1 fully saturated rings. The Bertz CT molecular complexity index is 677. The molecule has 2 aromatic rings. The summed E-state index contributed by atoms with van der Waals surface area (Å²) in [4.78, 5) is 9.19. The normalized spacial score (nSPS) is 16.3. The van der Waals surface area contributed by atoms with Gasteiger partial charge in [-0.05, 0) is 30.7 Å². The van der Waals surface area contributed by atoms with Gasteiger partial charge in [-0.2, -0.15) is 5.10 Å². The molecule has 0 saturated heterocycles. The molecule has 2 aromatic heterocycles. The van der Waals surface area contributed by atoms with E-state index in [0.29, 0.717) is 6.04 Å². The summed E-state index contributed by atoms with van der Waals surface area (Å²) in [6, 6.07) is 2.49. The Labute approximate surface area is 144 Å². The van der Waals surface area contributed by atoms with Gasteiger partial charge in [-0.3, -0.25) is 4.68 Å². The first kappa shape index (κ1) is 16.9. The number of aryl methyl sites for hydroxylation is 1. The van der Waals surface area contributed by atoms with E-state index in [1.54, 1.807) is 0 Å². The Morgan fingerprint density at radius 3 is 2.67 bits per heavy atom. The van der Waals surface area contributed by atoms with Crippen molar-refractivity contribution in [2.24, 2.45) is 12.5 Å². The summed E-state index contributed by atoms with van der Waals surface area (Å²) < 4.78 is 1.97. The fourth-order valence-electron chi connectivity index (χ4n) is 3.40. The summed E-state index contributed by atoms with van der Waals surface area (Å²) in [5, 5.41) is 7.97. The van der Waals surface area contributed by atoms with Crippen LogP contribution >= 0.6 is 0 Å². The van der Waals surface area contributed by atoms with Crippen LogP contribution in [0.1, 0.15) is 58.6 Å². The molecule has 1 aliphatic rings. The van der Waals surface area contributed by atoms with Crippen LogP contribution in [0.25, 0.3) is 11.3 Å². The molecule has 24 heavy (non-hydrogen) atoms. The predicted octanol–water partition coefficient (Wildman–Crippen LogP) is 4.21. The van der Waals surface area contributed by atoms with Gasteiger partial charge in [0.1, 0.15) is 0 Å². The standard InChI is InChI=1S/C19H29N5/c1-19(2,3)12-17-15(13-21-24(17)4)16-10-11-20-18(23-16)22-14-8-6-5-7-9-14/h10-11,13-14H,5-9,12H2,1-4H3,(H,20,22,23). The van der Waals surface area contributed by atoms with Gasteiger partial charge in [-0.1, -0.05) is 40.0 Å². The lowest BCUT2D eigenvalue weighted by Gasteiger charge is -2.23. The van der Waals surface area contributed by atoms with Gasteiger partial charge in [0.2, 0.25) is 5.95 Å². The number of hydrogen-bond donors (Lipinski definition) is 1. The van der Waals surface area contributed by atoms with E-state index in [0.717, 1.165) is 23.6 Å². The van der Waals surface area contributed by atoms with Gasteiger partial charge in [-0.15, -0.1) is 0 Å². The van der Waals surface area contributed by atoms with Crippen molar-refractivity contribution >= 4 is 5.95 Å². The molecule has 1 aliphatic carbocycles. The predicted molar refractivity (Wildman–Crippen MR) is 97.9 cm³/mol. The van der Waals surface area contributed by atoms with Gasteiger partial charge in [0.25, 0.3) is 0 Å². The molecule has 0 unspecified atom stereocenters. The molecule has 130 valence electrons. The van der Waals surface area contributed by atoms with E-state index in [4.69, 9.17) is 4.98 Å². The van der Waals surface area contributed by atoms with Crippen LogP contribution in [0.5, 0.6) is 0 Å². The van der Waals surface area contributed by atoms with E-state index in [1.165, 1.54) is 37.8 Å². The summed E-state index contributed by atoms with van der Waals surface area (Å²) in [5.41, 5.74) is 3.50. The van der Waals surface area contributed by atoms with Crippen molar-refractivity contribution in [1.82, 2.24) is 19.7 Å². The lowest BCUT2D eigenvalue weighted by Crippen LogP contribution is -2.23. The number of anilines is 1. The second kappa shape index (κ2) is 6.91. The highest BCUT2D eigenvalue weighted by atomic mass is 15.3. The first-order valence-corrected chi connectivity index (χ1v) is 9.03. The van der Waals surface area contributed by atoms with E-state index >= 15 is 0 Å². The monoisotopic (exact) mass is 327 g/mol. The van der Waals surface area contributed by atoms with Crippen molar-refractivity contribution in [3.05, 3.63) is 24.2 Å². The highest BCUT2D eigenvalue weighted by Crippen LogP contribution is 2.29. The molecule has 1 saturated carbocycles. The van der Waals surface area contributed by atoms with Crippen molar-refractivity contribution in [3.63, 3.8) is 0 Å². The molecule has 0 aliphatic heterocycles. The Balaban J connectivity index is 1.83. The van der Waals surface area contributed by atoms with Gasteiger partial charge in [0, 0.05) is 30.5 Å². The average Bonchev–Trinajstić information content (AvgIpc) is 2.88. The van der Waals surface area contributed by atoms with Gasteiger partial charge in [-0.25, -0.2) is 9.97 Å². The number of hydrogen-bond acceptors (Lipinski definition) is 4. The van der Waals surface area contributed by atoms with Crippen LogP contribution in [-0.4, -0.2) is 25.8 Å². The maximum atomic E-state index is 4.77. The third-order valence-electron chi connectivity index (χ3n) is 4.63. The van der Waals surface area contributed by atoms with Gasteiger partial charge in [0.05, 0.1) is 11.9 Å². The van der Waals surface area contributed by atoms with E-state index in [-0.39, 0.29) is 5.41 Å². The van der Waals surface area contributed by atoms with Crippen molar-refractivity contribution in [1.29, 1.82) is 0 Å². The molecular formula is C19H29N5. The van der Waals surface area contributed by atoms with E-state index < -0.39 is 0 Å². The zero-order valence-corrected chi connectivity index (χ0v) is 15.3. The van der Waals surface area contributed by atoms with Gasteiger partial charge in [0.15, 0.2) is 0 Å². The number of aromatic nitrogens is 4. The largest absolute Gasteiger partial charge is 0.351 e. The number of nitrogens with zero attached hydrogens (tertiary/aromatic N) is 4. The summed E-state index contributed by atoms with van der Waals surface area (Å²) in [6.45, 7) is 6.75. The first-order valence-electron chi connectivity index (χ1n) is 9.03. The van der Waals surface area contributed by atoms with Crippen molar-refractivity contribution < 1.29 is 0 Å². The molecule has 0 spiro atoms. The van der Waals surface area contributed by atoms with E-state index in [9.17, 15) is 0 Å². The summed E-state index contributed by atoms with van der Waals surface area (Å²) >= 11 is 0. The summed E-state index contributed by atoms with van der Waals surface area (Å²) in [7, 11) is 2.01. The van der Waals surface area contributed by atoms with Crippen LogP contribution in [0.3, 0.4) is 0 Å². The second-order valence-corrected chi connectivity index (χ2v) is 8.11. The van der Waals surface area contributed by atoms with E-state index in [1.807, 2.05) is 30.2 Å². The highest BCUT2D eigenvalue weighted by molar-refractivity contribution is 5.62. The molecule has 0 bridgehead atoms. The number of nitrogens with one attached hydrogen (secondary N) is 1. The van der Waals surface area contributed by atoms with Crippen LogP contribution in [0.2, 0.25) is 0 Å². The summed E-state index contributed by atoms with van der Waals surface area (Å²) in [5.74, 6) is 0.741. The smallest absolute Gasteiger partial charge is 0.223 e. The molecule has 5 nitrogen and oxygen atoms in total. The number of rotatable bonds is 4. The molecule has 2 heterocycles. The molecule has 3 rings (SSSR count). The third kappa shape index (κ3) is 4.13. The Hall–Kier alpha value is -1.91. The fourth-order valence-corrected chi connectivity index (χ4v) is 3.40. The molecular weight excluding hydrogens is 298 g/mol.